The molecule has 1 aliphatic heterocycles. The van der Waals surface area contributed by atoms with E-state index in [0.717, 1.165) is 25.3 Å². The Morgan fingerprint density at radius 3 is 3.13 bits per heavy atom. The lowest BCUT2D eigenvalue weighted by molar-refractivity contribution is -0.118. The van der Waals surface area contributed by atoms with Crippen molar-refractivity contribution < 1.29 is 4.79 Å². The maximum atomic E-state index is 11.4. The van der Waals surface area contributed by atoms with Crippen LogP contribution in [0.4, 0.5) is 5.82 Å². The van der Waals surface area contributed by atoms with Gasteiger partial charge in [-0.25, -0.2) is 0 Å². The van der Waals surface area contributed by atoms with Crippen molar-refractivity contribution in [1.82, 2.24) is 15.1 Å². The molecule has 0 radical (unpaired) electrons. The lowest BCUT2D eigenvalue weighted by Gasteiger charge is -2.13. The zero-order valence-electron chi connectivity index (χ0n) is 9.08. The number of aromatic nitrogens is 2. The largest absolute Gasteiger partial charge is 0.309 e. The number of rotatable bonds is 2. The molecule has 2 N–H and O–H groups in total. The molecule has 1 aromatic heterocycles. The lowest BCUT2D eigenvalue weighted by Crippen LogP contribution is -2.28. The van der Waals surface area contributed by atoms with Crippen LogP contribution in [0, 0.1) is 5.92 Å². The van der Waals surface area contributed by atoms with Gasteiger partial charge in [0.25, 0.3) is 0 Å². The van der Waals surface area contributed by atoms with Gasteiger partial charge in [0, 0.05) is 25.1 Å². The molecule has 0 aromatic carbocycles. The fourth-order valence-corrected chi connectivity index (χ4v) is 1.52. The van der Waals surface area contributed by atoms with Crippen molar-refractivity contribution in [3.05, 3.63) is 11.8 Å². The second-order valence-corrected chi connectivity index (χ2v) is 4.06. The van der Waals surface area contributed by atoms with Crippen molar-refractivity contribution in [1.29, 1.82) is 0 Å². The van der Waals surface area contributed by atoms with Crippen LogP contribution in [-0.2, 0) is 17.9 Å². The highest BCUT2D eigenvalue weighted by Gasteiger charge is 2.14. The first-order valence-electron chi connectivity index (χ1n) is 5.25. The maximum Gasteiger partial charge on any atom is 0.228 e. The predicted molar refractivity (Wildman–Crippen MR) is 57.4 cm³/mol. The summed E-state index contributed by atoms with van der Waals surface area (Å²) >= 11 is 0. The average molecular weight is 208 g/mol. The quantitative estimate of drug-likeness (QED) is 0.747. The monoisotopic (exact) mass is 208 g/mol. The number of nitrogens with one attached hydrogen (secondary N) is 2. The fraction of sp³-hybridized carbons (Fsp3) is 0.600. The van der Waals surface area contributed by atoms with Crippen LogP contribution < -0.4 is 10.6 Å². The normalized spacial score (nSPS) is 15.1. The summed E-state index contributed by atoms with van der Waals surface area (Å²) < 4.78 is 1.94. The van der Waals surface area contributed by atoms with E-state index in [0.29, 0.717) is 5.82 Å². The van der Waals surface area contributed by atoms with Crippen LogP contribution in [0.25, 0.3) is 0 Å². The van der Waals surface area contributed by atoms with Crippen molar-refractivity contribution in [3.8, 4) is 0 Å². The van der Waals surface area contributed by atoms with E-state index < -0.39 is 0 Å². The summed E-state index contributed by atoms with van der Waals surface area (Å²) in [6, 6.07) is 1.92. The molecule has 0 spiro atoms. The van der Waals surface area contributed by atoms with E-state index in [1.54, 1.807) is 0 Å². The number of hydrogen-bond acceptors (Lipinski definition) is 3. The van der Waals surface area contributed by atoms with E-state index in [1.165, 1.54) is 0 Å². The summed E-state index contributed by atoms with van der Waals surface area (Å²) in [5.74, 6) is 0.660. The molecule has 0 bridgehead atoms. The molecule has 0 unspecified atom stereocenters. The summed E-state index contributed by atoms with van der Waals surface area (Å²) in [6.07, 6.45) is 0. The number of carbonyl (C=O) groups excluding carboxylic acids is 1. The van der Waals surface area contributed by atoms with Gasteiger partial charge >= 0.3 is 0 Å². The molecule has 0 saturated carbocycles. The molecule has 1 aliphatic rings. The highest BCUT2D eigenvalue weighted by molar-refractivity contribution is 5.91. The maximum absolute atomic E-state index is 11.4. The molecule has 82 valence electrons. The van der Waals surface area contributed by atoms with Crippen LogP contribution in [0.2, 0.25) is 0 Å². The molecule has 1 amide bonds. The van der Waals surface area contributed by atoms with Gasteiger partial charge in [-0.2, -0.15) is 5.10 Å². The number of anilines is 1. The van der Waals surface area contributed by atoms with Crippen molar-refractivity contribution in [3.63, 3.8) is 0 Å². The Morgan fingerprint density at radius 2 is 2.47 bits per heavy atom. The fourth-order valence-electron chi connectivity index (χ4n) is 1.52. The Hall–Kier alpha value is -1.36. The van der Waals surface area contributed by atoms with Gasteiger partial charge in [-0.3, -0.25) is 9.48 Å². The summed E-state index contributed by atoms with van der Waals surface area (Å²) in [7, 11) is 0. The van der Waals surface area contributed by atoms with E-state index >= 15 is 0 Å². The summed E-state index contributed by atoms with van der Waals surface area (Å²) in [6.45, 7) is 6.36. The van der Waals surface area contributed by atoms with Gasteiger partial charge in [-0.1, -0.05) is 13.8 Å². The number of hydrogen-bond donors (Lipinski definition) is 2. The van der Waals surface area contributed by atoms with Gasteiger partial charge < -0.3 is 10.6 Å². The Balaban J connectivity index is 2.09. The summed E-state index contributed by atoms with van der Waals surface area (Å²) in [5, 5.41) is 10.4. The third-order valence-corrected chi connectivity index (χ3v) is 2.45. The highest BCUT2D eigenvalue weighted by atomic mass is 16.1. The lowest BCUT2D eigenvalue weighted by atomic mass is 10.2. The molecule has 0 aliphatic carbocycles. The minimum atomic E-state index is -0.0122. The standard InChI is InChI=1S/C10H16N4O/c1-7(2)10(15)12-9-5-8-6-11-3-4-14(8)13-9/h5,7,11H,3-4,6H2,1-2H3,(H,12,13,15). The molecule has 2 heterocycles. The molecule has 5 heteroatoms. The molecule has 0 atom stereocenters. The van der Waals surface area contributed by atoms with Crippen LogP contribution >= 0.6 is 0 Å². The topological polar surface area (TPSA) is 59.0 Å². The zero-order valence-corrected chi connectivity index (χ0v) is 9.08. The molecule has 15 heavy (non-hydrogen) atoms. The first-order chi connectivity index (χ1) is 7.16. The van der Waals surface area contributed by atoms with Crippen LogP contribution in [0.5, 0.6) is 0 Å². The third-order valence-electron chi connectivity index (χ3n) is 2.45. The van der Waals surface area contributed by atoms with Crippen molar-refractivity contribution in [2.45, 2.75) is 26.9 Å². The van der Waals surface area contributed by atoms with E-state index in [1.807, 2.05) is 24.6 Å². The number of carbonyl (C=O) groups is 1. The van der Waals surface area contributed by atoms with Crippen molar-refractivity contribution in [2.75, 3.05) is 11.9 Å². The molecular weight excluding hydrogens is 192 g/mol. The first-order valence-corrected chi connectivity index (χ1v) is 5.25. The van der Waals surface area contributed by atoms with Crippen molar-refractivity contribution in [2.24, 2.45) is 5.92 Å². The number of amides is 1. The Bertz CT molecular complexity index is 346. The Morgan fingerprint density at radius 1 is 1.67 bits per heavy atom. The van der Waals surface area contributed by atoms with E-state index in [-0.39, 0.29) is 11.8 Å². The van der Waals surface area contributed by atoms with Crippen LogP contribution in [0.1, 0.15) is 19.5 Å². The number of fused-ring (bicyclic) bond motifs is 1. The Kier molecular flexibility index (Phi) is 2.73. The molecular formula is C10H16N4O. The van der Waals surface area contributed by atoms with Gasteiger partial charge in [0.1, 0.15) is 0 Å². The summed E-state index contributed by atoms with van der Waals surface area (Å²) in [4.78, 5) is 11.4. The van der Waals surface area contributed by atoms with E-state index in [2.05, 4.69) is 15.7 Å². The minimum absolute atomic E-state index is 0.0122. The van der Waals surface area contributed by atoms with Gasteiger partial charge in [0.15, 0.2) is 5.82 Å². The molecule has 0 fully saturated rings. The molecule has 2 rings (SSSR count). The second kappa shape index (κ2) is 4.02. The van der Waals surface area contributed by atoms with Crippen LogP contribution in [-0.4, -0.2) is 22.2 Å². The zero-order chi connectivity index (χ0) is 10.8. The smallest absolute Gasteiger partial charge is 0.228 e. The van der Waals surface area contributed by atoms with Crippen LogP contribution in [0.15, 0.2) is 6.07 Å². The predicted octanol–water partition coefficient (Wildman–Crippen LogP) is 0.581. The second-order valence-electron chi connectivity index (χ2n) is 4.06. The summed E-state index contributed by atoms with van der Waals surface area (Å²) in [5.41, 5.74) is 1.13. The molecule has 1 aromatic rings. The van der Waals surface area contributed by atoms with Crippen LogP contribution in [0.3, 0.4) is 0 Å². The van der Waals surface area contributed by atoms with Gasteiger partial charge in [-0.05, 0) is 0 Å². The minimum Gasteiger partial charge on any atom is -0.309 e. The van der Waals surface area contributed by atoms with Crippen molar-refractivity contribution >= 4 is 11.7 Å². The van der Waals surface area contributed by atoms with Gasteiger partial charge in [0.2, 0.25) is 5.91 Å². The SMILES string of the molecule is CC(C)C(=O)Nc1cc2n(n1)CCNC2. The molecule has 5 nitrogen and oxygen atoms in total. The first kappa shape index (κ1) is 10.2. The van der Waals surface area contributed by atoms with E-state index in [4.69, 9.17) is 0 Å². The number of nitrogens with zero attached hydrogens (tertiary/aromatic N) is 2. The third kappa shape index (κ3) is 2.18. The Labute approximate surface area is 88.8 Å². The highest BCUT2D eigenvalue weighted by Crippen LogP contribution is 2.12. The van der Waals surface area contributed by atoms with Gasteiger partial charge in [0.05, 0.1) is 12.2 Å². The van der Waals surface area contributed by atoms with E-state index in [9.17, 15) is 4.79 Å². The average Bonchev–Trinajstić information content (AvgIpc) is 2.59. The molecule has 0 saturated heterocycles. The van der Waals surface area contributed by atoms with Gasteiger partial charge in [-0.15, -0.1) is 0 Å².